The topological polar surface area (TPSA) is 54.4 Å². The van der Waals surface area contributed by atoms with Crippen LogP contribution in [0.5, 0.6) is 0 Å². The largest absolute Gasteiger partial charge is 0.481 e. The summed E-state index contributed by atoms with van der Waals surface area (Å²) in [6.07, 6.45) is 14.6. The van der Waals surface area contributed by atoms with E-state index < -0.39 is 5.97 Å². The maximum Gasteiger partial charge on any atom is 0.303 e. The quantitative estimate of drug-likeness (QED) is 0.444. The van der Waals surface area contributed by atoms with Crippen LogP contribution in [0.15, 0.2) is 12.2 Å². The number of rotatable bonds is 9. The Morgan fingerprint density at radius 1 is 1.10 bits per heavy atom. The molecule has 7 atom stereocenters. The lowest BCUT2D eigenvalue weighted by Crippen LogP contribution is -2.50. The number of carboxylic acids is 1. The maximum atomic E-state index is 12.9. The number of fused-ring (bicyclic) bond motifs is 3. The van der Waals surface area contributed by atoms with Crippen molar-refractivity contribution in [2.75, 3.05) is 0 Å². The number of carbonyl (C=O) groups is 2. The maximum absolute atomic E-state index is 12.9. The lowest BCUT2D eigenvalue weighted by Gasteiger charge is -2.54. The minimum atomic E-state index is -0.754. The molecular weight excluding hydrogens is 372 g/mol. The van der Waals surface area contributed by atoms with Crippen LogP contribution in [0.1, 0.15) is 98.8 Å². The molecule has 0 saturated heterocycles. The normalized spacial score (nSPS) is 39.1. The molecular formula is C27H44O3. The van der Waals surface area contributed by atoms with Crippen LogP contribution in [0.2, 0.25) is 0 Å². The van der Waals surface area contributed by atoms with Crippen molar-refractivity contribution in [1.82, 2.24) is 0 Å². The van der Waals surface area contributed by atoms with Gasteiger partial charge in [0.2, 0.25) is 0 Å². The molecule has 0 bridgehead atoms. The Hall–Kier alpha value is -1.12. The molecule has 0 aliphatic heterocycles. The van der Waals surface area contributed by atoms with Gasteiger partial charge in [-0.2, -0.15) is 0 Å². The van der Waals surface area contributed by atoms with Gasteiger partial charge in [0.25, 0.3) is 0 Å². The second-order valence-corrected chi connectivity index (χ2v) is 11.7. The third kappa shape index (κ3) is 4.41. The van der Waals surface area contributed by atoms with Crippen LogP contribution in [-0.2, 0) is 9.59 Å². The van der Waals surface area contributed by atoms with Crippen LogP contribution in [0.3, 0.4) is 0 Å². The number of allylic oxidation sites excluding steroid dienone is 2. The van der Waals surface area contributed by atoms with E-state index in [-0.39, 0.29) is 17.6 Å². The summed E-state index contributed by atoms with van der Waals surface area (Å²) >= 11 is 0. The minimum Gasteiger partial charge on any atom is -0.481 e. The van der Waals surface area contributed by atoms with Gasteiger partial charge < -0.3 is 5.11 Å². The zero-order chi connectivity index (χ0) is 22.1. The van der Waals surface area contributed by atoms with E-state index in [4.69, 9.17) is 5.11 Å². The average Bonchev–Trinajstić information content (AvgIpc) is 3.01. The van der Waals surface area contributed by atoms with Gasteiger partial charge in [-0.15, -0.1) is 0 Å². The smallest absolute Gasteiger partial charge is 0.303 e. The summed E-state index contributed by atoms with van der Waals surface area (Å²) in [6, 6.07) is 0. The van der Waals surface area contributed by atoms with Gasteiger partial charge in [-0.25, -0.2) is 0 Å². The molecule has 2 saturated carbocycles. The summed E-state index contributed by atoms with van der Waals surface area (Å²) in [7, 11) is 0. The highest BCUT2D eigenvalue weighted by atomic mass is 16.4. The highest BCUT2D eigenvalue weighted by Gasteiger charge is 2.58. The number of hydrogen-bond acceptors (Lipinski definition) is 2. The van der Waals surface area contributed by atoms with Crippen molar-refractivity contribution in [2.24, 2.45) is 46.3 Å². The Labute approximate surface area is 184 Å². The molecule has 3 nitrogen and oxygen atoms in total. The van der Waals surface area contributed by atoms with Crippen molar-refractivity contribution in [1.29, 1.82) is 0 Å². The first-order chi connectivity index (χ1) is 14.1. The van der Waals surface area contributed by atoms with E-state index in [0.717, 1.165) is 24.2 Å². The van der Waals surface area contributed by atoms with Gasteiger partial charge in [-0.3, -0.25) is 9.59 Å². The monoisotopic (exact) mass is 416 g/mol. The Balaban J connectivity index is 1.73. The molecule has 0 aromatic rings. The Morgan fingerprint density at radius 2 is 1.83 bits per heavy atom. The summed E-state index contributed by atoms with van der Waals surface area (Å²) < 4.78 is 0. The van der Waals surface area contributed by atoms with E-state index in [1.54, 1.807) is 0 Å². The van der Waals surface area contributed by atoms with Crippen molar-refractivity contribution in [2.45, 2.75) is 98.8 Å². The van der Waals surface area contributed by atoms with Crippen molar-refractivity contribution in [3.8, 4) is 0 Å². The van der Waals surface area contributed by atoms with Gasteiger partial charge in [0, 0.05) is 11.8 Å². The summed E-state index contributed by atoms with van der Waals surface area (Å²) in [5.41, 5.74) is 0.0162. The van der Waals surface area contributed by atoms with Gasteiger partial charge in [0.05, 0.1) is 0 Å². The Bertz CT molecular complexity index is 665. The fourth-order valence-corrected chi connectivity index (χ4v) is 7.72. The van der Waals surface area contributed by atoms with E-state index in [9.17, 15) is 9.59 Å². The standard InChI is InChI=1S/C27H44O3/c1-18(2)8-6-9-19(3)21-12-13-22-20-11-14-24(28)27(5,16-7-10-25(29)30)23(20)15-17-26(21,22)4/h11,14,18-23H,6-10,12-13,15-17H2,1-5H3,(H,29,30)/t19-,20+,21-,22+,23+,26-,27-/m1/s1. The van der Waals surface area contributed by atoms with Crippen LogP contribution in [0, 0.1) is 46.3 Å². The predicted octanol–water partition coefficient (Wildman–Crippen LogP) is 6.91. The van der Waals surface area contributed by atoms with E-state index >= 15 is 0 Å². The highest BCUT2D eigenvalue weighted by molar-refractivity contribution is 5.95. The van der Waals surface area contributed by atoms with Crippen molar-refractivity contribution >= 4 is 11.8 Å². The molecule has 0 amide bonds. The number of carbonyl (C=O) groups excluding carboxylic acids is 1. The molecule has 3 heteroatoms. The molecule has 0 spiro atoms. The first kappa shape index (κ1) is 23.5. The highest BCUT2D eigenvalue weighted by Crippen LogP contribution is 2.64. The molecule has 0 heterocycles. The molecule has 3 aliphatic carbocycles. The number of hydrogen-bond donors (Lipinski definition) is 1. The van der Waals surface area contributed by atoms with E-state index in [0.29, 0.717) is 36.0 Å². The van der Waals surface area contributed by atoms with Crippen LogP contribution in [0.25, 0.3) is 0 Å². The van der Waals surface area contributed by atoms with Crippen molar-refractivity contribution < 1.29 is 14.7 Å². The Morgan fingerprint density at radius 3 is 2.50 bits per heavy atom. The second kappa shape index (κ2) is 9.17. The predicted molar refractivity (Wildman–Crippen MR) is 122 cm³/mol. The fourth-order valence-electron chi connectivity index (χ4n) is 7.72. The van der Waals surface area contributed by atoms with Gasteiger partial charge in [-0.05, 0) is 85.5 Å². The lowest BCUT2D eigenvalue weighted by atomic mass is 9.49. The molecule has 0 aromatic heterocycles. The van der Waals surface area contributed by atoms with Crippen LogP contribution in [-0.4, -0.2) is 16.9 Å². The molecule has 0 radical (unpaired) electrons. The first-order valence-electron chi connectivity index (χ1n) is 12.5. The summed E-state index contributed by atoms with van der Waals surface area (Å²) in [5, 5.41) is 9.06. The molecule has 0 unspecified atom stereocenters. The summed E-state index contributed by atoms with van der Waals surface area (Å²) in [6.45, 7) is 11.8. The van der Waals surface area contributed by atoms with E-state index in [2.05, 4.69) is 40.7 Å². The minimum absolute atomic E-state index is 0.168. The molecule has 2 fully saturated rings. The van der Waals surface area contributed by atoms with Crippen molar-refractivity contribution in [3.63, 3.8) is 0 Å². The lowest BCUT2D eigenvalue weighted by molar-refractivity contribution is -0.139. The second-order valence-electron chi connectivity index (χ2n) is 11.7. The van der Waals surface area contributed by atoms with Gasteiger partial charge in [0.1, 0.15) is 0 Å². The van der Waals surface area contributed by atoms with Crippen LogP contribution in [0.4, 0.5) is 0 Å². The van der Waals surface area contributed by atoms with E-state index in [1.165, 1.54) is 38.5 Å². The van der Waals surface area contributed by atoms with Gasteiger partial charge in [0.15, 0.2) is 5.78 Å². The fraction of sp³-hybridized carbons (Fsp3) is 0.852. The molecule has 3 aliphatic rings. The SMILES string of the molecule is CC(C)CCC[C@@H](C)[C@H]1CC[C@H]2[C@@H]3C=CC(=O)[C@](C)(CCCC(=O)O)[C@H]3CC[C@]12C. The molecule has 30 heavy (non-hydrogen) atoms. The number of aliphatic carboxylic acids is 1. The molecule has 3 rings (SSSR count). The molecule has 1 N–H and O–H groups in total. The van der Waals surface area contributed by atoms with Gasteiger partial charge >= 0.3 is 5.97 Å². The third-order valence-electron chi connectivity index (χ3n) is 9.47. The average molecular weight is 417 g/mol. The zero-order valence-corrected chi connectivity index (χ0v) is 20.0. The number of carboxylic acid groups (broad SMARTS) is 1. The van der Waals surface area contributed by atoms with E-state index in [1.807, 2.05) is 6.08 Å². The summed E-state index contributed by atoms with van der Waals surface area (Å²) in [5.74, 6) is 3.41. The van der Waals surface area contributed by atoms with Crippen molar-refractivity contribution in [3.05, 3.63) is 12.2 Å². The number of ketones is 1. The molecule has 170 valence electrons. The van der Waals surface area contributed by atoms with Gasteiger partial charge in [-0.1, -0.05) is 60.0 Å². The summed E-state index contributed by atoms with van der Waals surface area (Å²) in [4.78, 5) is 23.9. The Kier molecular flexibility index (Phi) is 7.19. The zero-order valence-electron chi connectivity index (χ0n) is 20.0. The third-order valence-corrected chi connectivity index (χ3v) is 9.47. The first-order valence-corrected chi connectivity index (χ1v) is 12.5. The van der Waals surface area contributed by atoms with Crippen LogP contribution >= 0.6 is 0 Å². The molecule has 0 aromatic carbocycles. The van der Waals surface area contributed by atoms with Crippen LogP contribution < -0.4 is 0 Å².